The summed E-state index contributed by atoms with van der Waals surface area (Å²) in [6.45, 7) is 6.84. The van der Waals surface area contributed by atoms with Gasteiger partial charge in [-0.1, -0.05) is 30.3 Å². The van der Waals surface area contributed by atoms with Crippen molar-refractivity contribution in [2.45, 2.75) is 26.9 Å². The molecule has 0 spiro atoms. The van der Waals surface area contributed by atoms with Gasteiger partial charge in [0, 0.05) is 12.1 Å². The Morgan fingerprint density at radius 2 is 2.05 bits per heavy atom. The van der Waals surface area contributed by atoms with Crippen LogP contribution in [0.3, 0.4) is 0 Å². The molecule has 2 rings (SSSR count). The zero-order valence-corrected chi connectivity index (χ0v) is 13.4. The van der Waals surface area contributed by atoms with Crippen LogP contribution in [0.5, 0.6) is 0 Å². The van der Waals surface area contributed by atoms with Crippen molar-refractivity contribution in [1.82, 2.24) is 10.3 Å². The molecular weight excluding hydrogens is 284 g/mol. The van der Waals surface area contributed by atoms with Gasteiger partial charge in [-0.15, -0.1) is 11.3 Å². The van der Waals surface area contributed by atoms with E-state index in [2.05, 4.69) is 10.3 Å². The van der Waals surface area contributed by atoms with E-state index >= 15 is 0 Å². The Balaban J connectivity index is 2.00. The first-order valence-corrected chi connectivity index (χ1v) is 7.82. The van der Waals surface area contributed by atoms with E-state index < -0.39 is 0 Å². The predicted molar refractivity (Wildman–Crippen MR) is 85.7 cm³/mol. The summed E-state index contributed by atoms with van der Waals surface area (Å²) in [5, 5.41) is 3.74. The average Bonchev–Trinajstić information content (AvgIpc) is 2.86. The second-order valence-electron chi connectivity index (χ2n) is 4.98. The second kappa shape index (κ2) is 7.33. The molecule has 0 aliphatic carbocycles. The standard InChI is InChI=1S/C16H20N2O2S/c1-11(2)20-10-9-17-15(19)14-12(3)18-16(21-14)13-7-5-4-6-8-13/h4-8,11H,9-10H2,1-3H3,(H,17,19). The molecule has 1 aromatic carbocycles. The smallest absolute Gasteiger partial charge is 0.263 e. The SMILES string of the molecule is Cc1nc(-c2ccccc2)sc1C(=O)NCCOC(C)C. The number of nitrogens with one attached hydrogen (secondary N) is 1. The number of benzene rings is 1. The van der Waals surface area contributed by atoms with Gasteiger partial charge in [-0.2, -0.15) is 0 Å². The van der Waals surface area contributed by atoms with Crippen molar-refractivity contribution in [3.63, 3.8) is 0 Å². The van der Waals surface area contributed by atoms with Crippen molar-refractivity contribution in [3.05, 3.63) is 40.9 Å². The van der Waals surface area contributed by atoms with Crippen LogP contribution in [-0.4, -0.2) is 30.1 Å². The highest BCUT2D eigenvalue weighted by atomic mass is 32.1. The fourth-order valence-electron chi connectivity index (χ4n) is 1.85. The van der Waals surface area contributed by atoms with E-state index in [1.165, 1.54) is 11.3 Å². The summed E-state index contributed by atoms with van der Waals surface area (Å²) in [7, 11) is 0. The largest absolute Gasteiger partial charge is 0.377 e. The first-order valence-electron chi connectivity index (χ1n) is 7.00. The highest BCUT2D eigenvalue weighted by Gasteiger charge is 2.15. The van der Waals surface area contributed by atoms with Crippen LogP contribution in [0.1, 0.15) is 29.2 Å². The molecule has 0 unspecified atom stereocenters. The Hall–Kier alpha value is -1.72. The van der Waals surface area contributed by atoms with Crippen LogP contribution in [0, 0.1) is 6.92 Å². The van der Waals surface area contributed by atoms with Gasteiger partial charge in [-0.3, -0.25) is 4.79 Å². The van der Waals surface area contributed by atoms with Crippen LogP contribution in [0.4, 0.5) is 0 Å². The first-order chi connectivity index (χ1) is 10.1. The number of ether oxygens (including phenoxy) is 1. The number of carbonyl (C=O) groups is 1. The Kier molecular flexibility index (Phi) is 5.47. The lowest BCUT2D eigenvalue weighted by molar-refractivity contribution is 0.0748. The normalized spacial score (nSPS) is 10.9. The number of carbonyl (C=O) groups excluding carboxylic acids is 1. The Labute approximate surface area is 129 Å². The molecule has 5 heteroatoms. The van der Waals surface area contributed by atoms with Gasteiger partial charge in [0.05, 0.1) is 18.4 Å². The minimum atomic E-state index is -0.0838. The molecule has 1 heterocycles. The predicted octanol–water partition coefficient (Wildman–Crippen LogP) is 3.27. The number of amides is 1. The molecular formula is C16H20N2O2S. The van der Waals surface area contributed by atoms with E-state index in [0.717, 1.165) is 16.3 Å². The van der Waals surface area contributed by atoms with Gasteiger partial charge in [0.25, 0.3) is 5.91 Å². The highest BCUT2D eigenvalue weighted by Crippen LogP contribution is 2.27. The summed E-state index contributed by atoms with van der Waals surface area (Å²) < 4.78 is 5.41. The zero-order chi connectivity index (χ0) is 15.2. The molecule has 0 saturated carbocycles. The minimum Gasteiger partial charge on any atom is -0.377 e. The number of nitrogens with zero attached hydrogens (tertiary/aromatic N) is 1. The van der Waals surface area contributed by atoms with Gasteiger partial charge in [-0.05, 0) is 20.8 Å². The van der Waals surface area contributed by atoms with Crippen molar-refractivity contribution in [1.29, 1.82) is 0 Å². The molecule has 4 nitrogen and oxygen atoms in total. The summed E-state index contributed by atoms with van der Waals surface area (Å²) >= 11 is 1.42. The maximum atomic E-state index is 12.2. The lowest BCUT2D eigenvalue weighted by atomic mass is 10.2. The van der Waals surface area contributed by atoms with E-state index in [0.29, 0.717) is 18.0 Å². The van der Waals surface area contributed by atoms with Crippen LogP contribution in [0.25, 0.3) is 10.6 Å². The number of thiazole rings is 1. The Morgan fingerprint density at radius 1 is 1.33 bits per heavy atom. The average molecular weight is 304 g/mol. The van der Waals surface area contributed by atoms with Gasteiger partial charge >= 0.3 is 0 Å². The fraction of sp³-hybridized carbons (Fsp3) is 0.375. The van der Waals surface area contributed by atoms with Crippen LogP contribution in [-0.2, 0) is 4.74 Å². The lowest BCUT2D eigenvalue weighted by Gasteiger charge is -2.08. The van der Waals surface area contributed by atoms with Crippen LogP contribution < -0.4 is 5.32 Å². The quantitative estimate of drug-likeness (QED) is 0.833. The van der Waals surface area contributed by atoms with Crippen LogP contribution in [0.2, 0.25) is 0 Å². The number of aryl methyl sites for hydroxylation is 1. The third-order valence-corrected chi connectivity index (χ3v) is 4.07. The molecule has 0 aliphatic rings. The third kappa shape index (κ3) is 4.37. The number of rotatable bonds is 6. The summed E-state index contributed by atoms with van der Waals surface area (Å²) in [6.07, 6.45) is 0.178. The Morgan fingerprint density at radius 3 is 2.71 bits per heavy atom. The molecule has 0 aliphatic heterocycles. The molecule has 0 fully saturated rings. The summed E-state index contributed by atoms with van der Waals surface area (Å²) in [5.74, 6) is -0.0838. The maximum absolute atomic E-state index is 12.2. The fourth-order valence-corrected chi connectivity index (χ4v) is 2.84. The van der Waals surface area contributed by atoms with Crippen LogP contribution in [0.15, 0.2) is 30.3 Å². The van der Waals surface area contributed by atoms with Gasteiger partial charge in [0.15, 0.2) is 0 Å². The molecule has 0 bridgehead atoms. The highest BCUT2D eigenvalue weighted by molar-refractivity contribution is 7.17. The van der Waals surface area contributed by atoms with E-state index in [-0.39, 0.29) is 12.0 Å². The van der Waals surface area contributed by atoms with E-state index in [4.69, 9.17) is 4.74 Å². The number of hydrogen-bond donors (Lipinski definition) is 1. The maximum Gasteiger partial charge on any atom is 0.263 e. The topological polar surface area (TPSA) is 51.2 Å². The molecule has 1 amide bonds. The monoisotopic (exact) mass is 304 g/mol. The summed E-state index contributed by atoms with van der Waals surface area (Å²) in [5.41, 5.74) is 1.80. The zero-order valence-electron chi connectivity index (χ0n) is 12.6. The summed E-state index contributed by atoms with van der Waals surface area (Å²) in [6, 6.07) is 9.89. The number of hydrogen-bond acceptors (Lipinski definition) is 4. The Bertz CT molecular complexity index is 594. The van der Waals surface area contributed by atoms with Gasteiger partial charge in [0.1, 0.15) is 9.88 Å². The van der Waals surface area contributed by atoms with E-state index in [1.807, 2.05) is 51.1 Å². The second-order valence-corrected chi connectivity index (χ2v) is 5.97. The third-order valence-electron chi connectivity index (χ3n) is 2.86. The van der Waals surface area contributed by atoms with Gasteiger partial charge in [0.2, 0.25) is 0 Å². The van der Waals surface area contributed by atoms with E-state index in [9.17, 15) is 4.79 Å². The van der Waals surface area contributed by atoms with Crippen LogP contribution >= 0.6 is 11.3 Å². The molecule has 2 aromatic rings. The molecule has 112 valence electrons. The van der Waals surface area contributed by atoms with Crippen molar-refractivity contribution in [3.8, 4) is 10.6 Å². The number of aromatic nitrogens is 1. The lowest BCUT2D eigenvalue weighted by Crippen LogP contribution is -2.27. The van der Waals surface area contributed by atoms with E-state index in [1.54, 1.807) is 0 Å². The molecule has 1 aromatic heterocycles. The van der Waals surface area contributed by atoms with Gasteiger partial charge in [-0.25, -0.2) is 4.98 Å². The van der Waals surface area contributed by atoms with Crippen molar-refractivity contribution >= 4 is 17.2 Å². The molecule has 0 saturated heterocycles. The van der Waals surface area contributed by atoms with Crippen molar-refractivity contribution in [2.24, 2.45) is 0 Å². The first kappa shape index (κ1) is 15.7. The van der Waals surface area contributed by atoms with Crippen molar-refractivity contribution < 1.29 is 9.53 Å². The van der Waals surface area contributed by atoms with Crippen molar-refractivity contribution in [2.75, 3.05) is 13.2 Å². The molecule has 0 atom stereocenters. The summed E-state index contributed by atoms with van der Waals surface area (Å²) in [4.78, 5) is 17.3. The molecule has 0 radical (unpaired) electrons. The minimum absolute atomic E-state index is 0.0838. The molecule has 21 heavy (non-hydrogen) atoms. The van der Waals surface area contributed by atoms with Gasteiger partial charge < -0.3 is 10.1 Å². The molecule has 1 N–H and O–H groups in total.